The molecule has 0 spiro atoms. The average molecular weight is 380 g/mol. The highest BCUT2D eigenvalue weighted by atomic mass is 32.2. The van der Waals surface area contributed by atoms with Crippen LogP contribution in [0.3, 0.4) is 0 Å². The predicted octanol–water partition coefficient (Wildman–Crippen LogP) is 1.61. The molecule has 8 heteroatoms. The molecule has 0 bridgehead atoms. The van der Waals surface area contributed by atoms with Crippen LogP contribution in [0.2, 0.25) is 0 Å². The van der Waals surface area contributed by atoms with Crippen molar-refractivity contribution >= 4 is 27.1 Å². The molecule has 0 unspecified atom stereocenters. The molecule has 1 aromatic heterocycles. The highest BCUT2D eigenvalue weighted by molar-refractivity contribution is 7.90. The summed E-state index contributed by atoms with van der Waals surface area (Å²) in [6.45, 7) is 3.16. The fraction of sp³-hybridized carbons (Fsp3) is 0.412. The van der Waals surface area contributed by atoms with Crippen molar-refractivity contribution in [2.24, 2.45) is 0 Å². The lowest BCUT2D eigenvalue weighted by Gasteiger charge is -2.34. The number of thiazole rings is 1. The number of hydrogen-bond acceptors (Lipinski definition) is 6. The lowest BCUT2D eigenvalue weighted by atomic mass is 10.1. The van der Waals surface area contributed by atoms with Gasteiger partial charge in [-0.25, -0.2) is 13.4 Å². The number of carbonyl (C=O) groups is 1. The van der Waals surface area contributed by atoms with E-state index in [0.717, 1.165) is 10.6 Å². The summed E-state index contributed by atoms with van der Waals surface area (Å²) in [5, 5.41) is 2.82. The molecule has 2 heterocycles. The Bertz CT molecular complexity index is 827. The van der Waals surface area contributed by atoms with Crippen molar-refractivity contribution in [3.8, 4) is 10.6 Å². The third kappa shape index (κ3) is 4.87. The van der Waals surface area contributed by atoms with Crippen LogP contribution in [0.15, 0.2) is 35.8 Å². The molecule has 2 aromatic rings. The number of piperazine rings is 1. The van der Waals surface area contributed by atoms with Crippen LogP contribution < -0.4 is 0 Å². The Kier molecular flexibility index (Phi) is 5.51. The number of nitrogens with zero attached hydrogens (tertiary/aromatic N) is 3. The van der Waals surface area contributed by atoms with E-state index in [1.54, 1.807) is 17.5 Å². The minimum atomic E-state index is -2.95. The minimum absolute atomic E-state index is 0.0150. The van der Waals surface area contributed by atoms with Gasteiger partial charge in [0.1, 0.15) is 14.8 Å². The maximum Gasteiger partial charge on any atom is 0.253 e. The maximum atomic E-state index is 12.7. The Labute approximate surface area is 152 Å². The van der Waals surface area contributed by atoms with Crippen LogP contribution in [0, 0.1) is 0 Å². The second-order valence-electron chi connectivity index (χ2n) is 6.18. The van der Waals surface area contributed by atoms with Crippen molar-refractivity contribution in [3.63, 3.8) is 0 Å². The summed E-state index contributed by atoms with van der Waals surface area (Å²) in [6, 6.07) is 7.55. The van der Waals surface area contributed by atoms with Gasteiger partial charge in [0, 0.05) is 61.7 Å². The van der Waals surface area contributed by atoms with Gasteiger partial charge >= 0.3 is 0 Å². The molecular weight excluding hydrogens is 358 g/mol. The quantitative estimate of drug-likeness (QED) is 0.789. The molecular formula is C17H21N3O3S2. The summed E-state index contributed by atoms with van der Waals surface area (Å²) in [7, 11) is -2.95. The number of carbonyl (C=O) groups excluding carboxylic acids is 1. The minimum Gasteiger partial charge on any atom is -0.336 e. The molecule has 1 amide bonds. The van der Waals surface area contributed by atoms with Gasteiger partial charge in [-0.2, -0.15) is 0 Å². The second kappa shape index (κ2) is 7.63. The van der Waals surface area contributed by atoms with Crippen molar-refractivity contribution in [2.45, 2.75) is 0 Å². The Morgan fingerprint density at radius 3 is 2.64 bits per heavy atom. The summed E-state index contributed by atoms with van der Waals surface area (Å²) in [4.78, 5) is 21.0. The molecule has 0 aliphatic carbocycles. The normalized spacial score (nSPS) is 16.1. The maximum absolute atomic E-state index is 12.7. The van der Waals surface area contributed by atoms with Gasteiger partial charge in [-0.15, -0.1) is 11.3 Å². The van der Waals surface area contributed by atoms with E-state index in [0.29, 0.717) is 38.3 Å². The SMILES string of the molecule is CS(=O)(=O)CCN1CCN(C(=O)c2cccc(-c3nccs3)c2)CC1. The zero-order chi connectivity index (χ0) is 17.9. The molecule has 0 atom stereocenters. The van der Waals surface area contributed by atoms with Gasteiger partial charge < -0.3 is 4.90 Å². The zero-order valence-corrected chi connectivity index (χ0v) is 15.7. The van der Waals surface area contributed by atoms with Crippen LogP contribution in [-0.2, 0) is 9.84 Å². The molecule has 134 valence electrons. The first kappa shape index (κ1) is 18.0. The van der Waals surface area contributed by atoms with Crippen molar-refractivity contribution in [1.82, 2.24) is 14.8 Å². The number of benzene rings is 1. The first-order valence-electron chi connectivity index (χ1n) is 8.12. The van der Waals surface area contributed by atoms with E-state index in [1.807, 2.05) is 34.5 Å². The van der Waals surface area contributed by atoms with Gasteiger partial charge in [0.25, 0.3) is 5.91 Å². The number of rotatable bonds is 5. The largest absolute Gasteiger partial charge is 0.336 e. The van der Waals surface area contributed by atoms with E-state index >= 15 is 0 Å². The van der Waals surface area contributed by atoms with Crippen LogP contribution in [0.1, 0.15) is 10.4 Å². The zero-order valence-electron chi connectivity index (χ0n) is 14.1. The van der Waals surface area contributed by atoms with E-state index in [4.69, 9.17) is 0 Å². The first-order valence-corrected chi connectivity index (χ1v) is 11.1. The highest BCUT2D eigenvalue weighted by Gasteiger charge is 2.23. The molecule has 1 aliphatic heterocycles. The summed E-state index contributed by atoms with van der Waals surface area (Å²) in [5.41, 5.74) is 1.62. The van der Waals surface area contributed by atoms with Crippen LogP contribution >= 0.6 is 11.3 Å². The van der Waals surface area contributed by atoms with E-state index in [2.05, 4.69) is 9.88 Å². The summed E-state index contributed by atoms with van der Waals surface area (Å²) < 4.78 is 22.5. The van der Waals surface area contributed by atoms with Crippen LogP contribution in [-0.4, -0.2) is 73.8 Å². The monoisotopic (exact) mass is 379 g/mol. The molecule has 0 saturated carbocycles. The third-order valence-electron chi connectivity index (χ3n) is 4.23. The van der Waals surface area contributed by atoms with Gasteiger partial charge in [-0.1, -0.05) is 12.1 Å². The highest BCUT2D eigenvalue weighted by Crippen LogP contribution is 2.23. The fourth-order valence-corrected chi connectivity index (χ4v) is 4.03. The molecule has 1 saturated heterocycles. The number of amides is 1. The summed E-state index contributed by atoms with van der Waals surface area (Å²) >= 11 is 1.55. The predicted molar refractivity (Wildman–Crippen MR) is 99.6 cm³/mol. The Hall–Kier alpha value is -1.77. The van der Waals surface area contributed by atoms with E-state index in [9.17, 15) is 13.2 Å². The second-order valence-corrected chi connectivity index (χ2v) is 9.34. The molecule has 25 heavy (non-hydrogen) atoms. The van der Waals surface area contributed by atoms with Crippen molar-refractivity contribution in [3.05, 3.63) is 41.4 Å². The van der Waals surface area contributed by atoms with Crippen LogP contribution in [0.5, 0.6) is 0 Å². The third-order valence-corrected chi connectivity index (χ3v) is 5.97. The Morgan fingerprint density at radius 1 is 1.24 bits per heavy atom. The Morgan fingerprint density at radius 2 is 2.00 bits per heavy atom. The van der Waals surface area contributed by atoms with Crippen LogP contribution in [0.25, 0.3) is 10.6 Å². The van der Waals surface area contributed by atoms with Crippen molar-refractivity contribution < 1.29 is 13.2 Å². The van der Waals surface area contributed by atoms with Gasteiger partial charge in [0.2, 0.25) is 0 Å². The summed E-state index contributed by atoms with van der Waals surface area (Å²) in [6.07, 6.45) is 3.01. The molecule has 1 aliphatic rings. The summed E-state index contributed by atoms with van der Waals surface area (Å²) in [5.74, 6) is 0.178. The van der Waals surface area contributed by atoms with Gasteiger partial charge in [0.05, 0.1) is 5.75 Å². The molecule has 0 radical (unpaired) electrons. The van der Waals surface area contributed by atoms with Gasteiger partial charge in [-0.3, -0.25) is 9.69 Å². The lowest BCUT2D eigenvalue weighted by molar-refractivity contribution is 0.0644. The molecule has 0 N–H and O–H groups in total. The molecule has 3 rings (SSSR count). The van der Waals surface area contributed by atoms with E-state index < -0.39 is 9.84 Å². The standard InChI is InChI=1S/C17H21N3O3S2/c1-25(22,23)12-10-19-6-8-20(9-7-19)17(21)15-4-2-3-14(13-15)16-18-5-11-24-16/h2-5,11,13H,6-10,12H2,1H3. The smallest absolute Gasteiger partial charge is 0.253 e. The topological polar surface area (TPSA) is 70.6 Å². The fourth-order valence-electron chi connectivity index (χ4n) is 2.80. The van der Waals surface area contributed by atoms with E-state index in [-0.39, 0.29) is 11.7 Å². The number of sulfone groups is 1. The average Bonchev–Trinajstić information content (AvgIpc) is 3.14. The number of aromatic nitrogens is 1. The molecule has 1 fully saturated rings. The first-order chi connectivity index (χ1) is 11.9. The molecule has 1 aromatic carbocycles. The lowest BCUT2D eigenvalue weighted by Crippen LogP contribution is -2.49. The van der Waals surface area contributed by atoms with Gasteiger partial charge in [-0.05, 0) is 12.1 Å². The van der Waals surface area contributed by atoms with Crippen molar-refractivity contribution in [2.75, 3.05) is 44.7 Å². The van der Waals surface area contributed by atoms with Crippen molar-refractivity contribution in [1.29, 1.82) is 0 Å². The van der Waals surface area contributed by atoms with Gasteiger partial charge in [0.15, 0.2) is 0 Å². The Balaban J connectivity index is 1.60. The van der Waals surface area contributed by atoms with Crippen LogP contribution in [0.4, 0.5) is 0 Å². The molecule has 6 nitrogen and oxygen atoms in total. The van der Waals surface area contributed by atoms with E-state index in [1.165, 1.54) is 6.26 Å². The number of hydrogen-bond donors (Lipinski definition) is 0.